The van der Waals surface area contributed by atoms with Gasteiger partial charge in [0.2, 0.25) is 5.91 Å². The summed E-state index contributed by atoms with van der Waals surface area (Å²) in [4.78, 5) is 31.7. The monoisotopic (exact) mass is 355 g/mol. The Morgan fingerprint density at radius 2 is 2.00 bits per heavy atom. The molecule has 1 unspecified atom stereocenters. The van der Waals surface area contributed by atoms with Crippen molar-refractivity contribution in [3.63, 3.8) is 0 Å². The largest absolute Gasteiger partial charge is 0.376 e. The number of benzene rings is 1. The molecule has 2 amide bonds. The van der Waals surface area contributed by atoms with Gasteiger partial charge in [-0.1, -0.05) is 6.07 Å². The molecule has 2 aromatic rings. The number of nitrogens with zero attached hydrogens (tertiary/aromatic N) is 2. The third-order valence-corrected chi connectivity index (χ3v) is 3.86. The highest BCUT2D eigenvalue weighted by atomic mass is 16.5. The molecule has 1 atom stereocenters. The molecule has 26 heavy (non-hydrogen) atoms. The summed E-state index contributed by atoms with van der Waals surface area (Å²) in [5, 5.41) is 8.56. The van der Waals surface area contributed by atoms with Crippen LogP contribution in [0.1, 0.15) is 30.3 Å². The molecule has 1 fully saturated rings. The van der Waals surface area contributed by atoms with Crippen molar-refractivity contribution in [3.05, 3.63) is 42.4 Å². The third kappa shape index (κ3) is 5.00. The van der Waals surface area contributed by atoms with Crippen LogP contribution in [0.3, 0.4) is 0 Å². The molecule has 3 rings (SSSR count). The van der Waals surface area contributed by atoms with Crippen molar-refractivity contribution in [2.75, 3.05) is 29.1 Å². The minimum atomic E-state index is -0.372. The lowest BCUT2D eigenvalue weighted by molar-refractivity contribution is -0.114. The van der Waals surface area contributed by atoms with Gasteiger partial charge in [-0.25, -0.2) is 9.97 Å². The van der Waals surface area contributed by atoms with E-state index in [4.69, 9.17) is 4.74 Å². The van der Waals surface area contributed by atoms with E-state index in [9.17, 15) is 9.59 Å². The highest BCUT2D eigenvalue weighted by Gasteiger charge is 2.15. The van der Waals surface area contributed by atoms with E-state index in [0.29, 0.717) is 23.7 Å². The van der Waals surface area contributed by atoms with Crippen molar-refractivity contribution in [1.29, 1.82) is 0 Å². The molecule has 8 nitrogen and oxygen atoms in total. The summed E-state index contributed by atoms with van der Waals surface area (Å²) in [6.07, 6.45) is 5.27. The van der Waals surface area contributed by atoms with Crippen LogP contribution in [0.2, 0.25) is 0 Å². The molecule has 3 N–H and O–H groups in total. The van der Waals surface area contributed by atoms with Crippen LogP contribution in [0.4, 0.5) is 17.2 Å². The van der Waals surface area contributed by atoms with Gasteiger partial charge in [0.1, 0.15) is 11.5 Å². The van der Waals surface area contributed by atoms with Crippen LogP contribution in [-0.4, -0.2) is 41.0 Å². The Morgan fingerprint density at radius 3 is 2.65 bits per heavy atom. The van der Waals surface area contributed by atoms with Gasteiger partial charge in [0.05, 0.1) is 18.5 Å². The molecule has 2 heterocycles. The number of nitrogens with one attached hydrogen (secondary N) is 3. The molecule has 1 aromatic carbocycles. The first-order chi connectivity index (χ1) is 12.6. The number of hydrogen-bond acceptors (Lipinski definition) is 6. The van der Waals surface area contributed by atoms with E-state index >= 15 is 0 Å². The summed E-state index contributed by atoms with van der Waals surface area (Å²) >= 11 is 0. The van der Waals surface area contributed by atoms with E-state index in [-0.39, 0.29) is 23.6 Å². The summed E-state index contributed by atoms with van der Waals surface area (Å²) in [7, 11) is 0. The predicted octanol–water partition coefficient (Wildman–Crippen LogP) is 2.28. The van der Waals surface area contributed by atoms with Crippen LogP contribution < -0.4 is 16.0 Å². The fourth-order valence-corrected chi connectivity index (χ4v) is 2.63. The minimum absolute atomic E-state index is 0.176. The zero-order chi connectivity index (χ0) is 18.4. The average Bonchev–Trinajstić information content (AvgIpc) is 3.14. The van der Waals surface area contributed by atoms with Crippen molar-refractivity contribution in [2.24, 2.45) is 0 Å². The van der Waals surface area contributed by atoms with Gasteiger partial charge in [0, 0.05) is 31.5 Å². The Kier molecular flexibility index (Phi) is 5.75. The maximum Gasteiger partial charge on any atom is 0.275 e. The number of rotatable bonds is 6. The average molecular weight is 355 g/mol. The fourth-order valence-electron chi connectivity index (χ4n) is 2.63. The molecule has 136 valence electrons. The fraction of sp³-hybridized carbons (Fsp3) is 0.333. The second kappa shape index (κ2) is 8.39. The lowest BCUT2D eigenvalue weighted by atomic mass is 10.2. The zero-order valence-corrected chi connectivity index (χ0v) is 14.5. The van der Waals surface area contributed by atoms with Gasteiger partial charge in [0.15, 0.2) is 0 Å². The zero-order valence-electron chi connectivity index (χ0n) is 14.5. The number of carbonyl (C=O) groups excluding carboxylic acids is 2. The van der Waals surface area contributed by atoms with E-state index in [0.717, 1.165) is 19.4 Å². The van der Waals surface area contributed by atoms with Crippen molar-refractivity contribution in [3.8, 4) is 0 Å². The minimum Gasteiger partial charge on any atom is -0.376 e. The van der Waals surface area contributed by atoms with Gasteiger partial charge < -0.3 is 20.7 Å². The molecule has 1 aromatic heterocycles. The SMILES string of the molecule is CC(=O)Nc1cccc(NC(=O)c2cnc(NCC3CCCO3)cn2)c1. The number of ether oxygens (including phenoxy) is 1. The van der Waals surface area contributed by atoms with E-state index in [1.165, 1.54) is 19.3 Å². The van der Waals surface area contributed by atoms with E-state index in [1.54, 1.807) is 24.3 Å². The molecular weight excluding hydrogens is 334 g/mol. The van der Waals surface area contributed by atoms with Crippen molar-refractivity contribution >= 4 is 29.0 Å². The Balaban J connectivity index is 1.56. The summed E-state index contributed by atoms with van der Waals surface area (Å²) < 4.78 is 5.54. The summed E-state index contributed by atoms with van der Waals surface area (Å²) in [6.45, 7) is 2.91. The molecule has 0 bridgehead atoms. The van der Waals surface area contributed by atoms with Gasteiger partial charge in [-0.05, 0) is 31.0 Å². The lowest BCUT2D eigenvalue weighted by Gasteiger charge is -2.11. The molecular formula is C18H21N5O3. The Bertz CT molecular complexity index is 773. The first-order valence-corrected chi connectivity index (χ1v) is 8.47. The Labute approximate surface area is 151 Å². The van der Waals surface area contributed by atoms with E-state index in [2.05, 4.69) is 25.9 Å². The molecule has 0 radical (unpaired) electrons. The predicted molar refractivity (Wildman–Crippen MR) is 98.2 cm³/mol. The number of aromatic nitrogens is 2. The Morgan fingerprint density at radius 1 is 1.19 bits per heavy atom. The number of anilines is 3. The molecule has 1 saturated heterocycles. The van der Waals surface area contributed by atoms with Gasteiger partial charge in [-0.3, -0.25) is 9.59 Å². The van der Waals surface area contributed by atoms with Gasteiger partial charge >= 0.3 is 0 Å². The standard InChI is InChI=1S/C18H21N5O3/c1-12(24)22-13-4-2-5-14(8-13)23-18(25)16-10-21-17(11-19-16)20-9-15-6-3-7-26-15/h2,4-5,8,10-11,15H,3,6-7,9H2,1H3,(H,20,21)(H,22,24)(H,23,25). The second-order valence-electron chi connectivity index (χ2n) is 6.02. The van der Waals surface area contributed by atoms with Crippen LogP contribution in [0.25, 0.3) is 0 Å². The summed E-state index contributed by atoms with van der Waals surface area (Å²) in [5.74, 6) is 0.0540. The summed E-state index contributed by atoms with van der Waals surface area (Å²) in [6, 6.07) is 6.88. The maximum atomic E-state index is 12.3. The van der Waals surface area contributed by atoms with Crippen LogP contribution in [0, 0.1) is 0 Å². The highest BCUT2D eigenvalue weighted by molar-refractivity contribution is 6.03. The quantitative estimate of drug-likeness (QED) is 0.734. The van der Waals surface area contributed by atoms with Gasteiger partial charge in [0.25, 0.3) is 5.91 Å². The first kappa shape index (κ1) is 17.8. The number of amides is 2. The van der Waals surface area contributed by atoms with Crippen LogP contribution in [0.15, 0.2) is 36.7 Å². The smallest absolute Gasteiger partial charge is 0.275 e. The van der Waals surface area contributed by atoms with Gasteiger partial charge in [-0.15, -0.1) is 0 Å². The third-order valence-electron chi connectivity index (χ3n) is 3.86. The second-order valence-corrected chi connectivity index (χ2v) is 6.02. The number of hydrogen-bond donors (Lipinski definition) is 3. The first-order valence-electron chi connectivity index (χ1n) is 8.47. The van der Waals surface area contributed by atoms with Crippen LogP contribution in [0.5, 0.6) is 0 Å². The van der Waals surface area contributed by atoms with Crippen LogP contribution in [-0.2, 0) is 9.53 Å². The van der Waals surface area contributed by atoms with Gasteiger partial charge in [-0.2, -0.15) is 0 Å². The highest BCUT2D eigenvalue weighted by Crippen LogP contribution is 2.16. The van der Waals surface area contributed by atoms with Crippen molar-refractivity contribution < 1.29 is 14.3 Å². The van der Waals surface area contributed by atoms with Crippen molar-refractivity contribution in [1.82, 2.24) is 9.97 Å². The summed E-state index contributed by atoms with van der Waals surface area (Å²) in [5.41, 5.74) is 1.37. The lowest BCUT2D eigenvalue weighted by Crippen LogP contribution is -2.19. The van der Waals surface area contributed by atoms with E-state index < -0.39 is 0 Å². The molecule has 8 heteroatoms. The number of carbonyl (C=O) groups is 2. The van der Waals surface area contributed by atoms with E-state index in [1.807, 2.05) is 0 Å². The molecule has 0 spiro atoms. The molecule has 0 saturated carbocycles. The maximum absolute atomic E-state index is 12.3. The normalized spacial score (nSPS) is 16.1. The molecule has 1 aliphatic heterocycles. The molecule has 1 aliphatic rings. The molecule has 0 aliphatic carbocycles. The Hall–Kier alpha value is -3.00. The topological polar surface area (TPSA) is 105 Å². The van der Waals surface area contributed by atoms with Crippen molar-refractivity contribution in [2.45, 2.75) is 25.9 Å². The van der Waals surface area contributed by atoms with Crippen LogP contribution >= 0.6 is 0 Å².